The number of ether oxygens (including phenoxy) is 6. The summed E-state index contributed by atoms with van der Waals surface area (Å²) >= 11 is 0. The molecule has 0 saturated carbocycles. The van der Waals surface area contributed by atoms with E-state index in [1.165, 1.54) is 42.2 Å². The number of aliphatic hydroxyl groups excluding tert-OH is 1. The highest BCUT2D eigenvalue weighted by molar-refractivity contribution is 6.31. The second kappa shape index (κ2) is 14.4. The molecule has 4 N–H and O–H groups in total. The van der Waals surface area contributed by atoms with Gasteiger partial charge in [-0.1, -0.05) is 12.1 Å². The van der Waals surface area contributed by atoms with Crippen LogP contribution in [0, 0.1) is 10.1 Å². The first-order valence-corrected chi connectivity index (χ1v) is 17.3. The Morgan fingerprint density at radius 1 is 1.15 bits per heavy atom. The van der Waals surface area contributed by atoms with Crippen molar-refractivity contribution in [1.29, 1.82) is 0 Å². The molecule has 0 radical (unpaired) electrons. The number of phenols is 2. The number of aromatic hydroxyl groups is 2. The maximum Gasteiger partial charge on any atom is 0.412 e. The van der Waals surface area contributed by atoms with Crippen LogP contribution in [0.3, 0.4) is 0 Å². The Hall–Kier alpha value is -5.25. The van der Waals surface area contributed by atoms with Crippen molar-refractivity contribution in [3.63, 3.8) is 0 Å². The molecule has 2 saturated heterocycles. The van der Waals surface area contributed by atoms with E-state index in [-0.39, 0.29) is 66.9 Å². The van der Waals surface area contributed by atoms with Gasteiger partial charge in [-0.25, -0.2) is 4.79 Å². The lowest BCUT2D eigenvalue weighted by Crippen LogP contribution is -2.57. The van der Waals surface area contributed by atoms with Crippen LogP contribution >= 0.6 is 0 Å². The van der Waals surface area contributed by atoms with Crippen LogP contribution < -0.4 is 4.74 Å². The van der Waals surface area contributed by atoms with Crippen LogP contribution in [-0.2, 0) is 34.9 Å². The second-order valence-corrected chi connectivity index (χ2v) is 13.8. The Labute approximate surface area is 311 Å². The molecule has 20 nitrogen and oxygen atoms in total. The van der Waals surface area contributed by atoms with E-state index in [1.807, 2.05) is 0 Å². The predicted octanol–water partition coefficient (Wildman–Crippen LogP) is 0.397. The maximum absolute atomic E-state index is 14.0. The summed E-state index contributed by atoms with van der Waals surface area (Å²) in [6.45, 7) is -0.446. The Balaban J connectivity index is 1.21. The summed E-state index contributed by atoms with van der Waals surface area (Å²) in [5, 5.41) is 56.2. The lowest BCUT2D eigenvalue weighted by atomic mass is 9.72. The summed E-state index contributed by atoms with van der Waals surface area (Å²) in [5.74, 6) is -3.95. The molecule has 2 aliphatic carbocycles. The molecule has 3 aliphatic heterocycles. The average molecular weight is 771 g/mol. The van der Waals surface area contributed by atoms with E-state index in [4.69, 9.17) is 28.4 Å². The number of carbonyl (C=O) groups excluding carboxylic acids is 4. The molecule has 2 aromatic rings. The number of rotatable bonds is 8. The number of phenolic OH excluding ortho intramolecular Hbond substituents is 2. The minimum atomic E-state index is -2.37. The van der Waals surface area contributed by atoms with Crippen molar-refractivity contribution < 1.29 is 72.9 Å². The number of nitro groups is 1. The van der Waals surface area contributed by atoms with Gasteiger partial charge in [-0.3, -0.25) is 39.3 Å². The van der Waals surface area contributed by atoms with Gasteiger partial charge in [0.1, 0.15) is 61.5 Å². The number of likely N-dealkylation sites (N-methyl/N-ethyl adjacent to an activating group) is 1. The third-order valence-electron chi connectivity index (χ3n) is 10.8. The number of Topliss-reactive ketones (excluding diaryl/α,β-unsaturated/α-hetero) is 1. The van der Waals surface area contributed by atoms with Crippen LogP contribution in [0.4, 0.5) is 4.79 Å². The molecule has 294 valence electrons. The minimum absolute atomic E-state index is 0.0506. The lowest BCUT2D eigenvalue weighted by Gasteiger charge is -2.44. The number of aliphatic imine (C=N–C) groups is 1. The summed E-state index contributed by atoms with van der Waals surface area (Å²) < 4.78 is 34.7. The van der Waals surface area contributed by atoms with Crippen LogP contribution in [0.15, 0.2) is 23.2 Å². The lowest BCUT2D eigenvalue weighted by molar-refractivity contribution is -0.538. The summed E-state index contributed by atoms with van der Waals surface area (Å²) in [6.07, 6.45) is -7.66. The third-order valence-corrected chi connectivity index (χ3v) is 10.8. The fourth-order valence-electron chi connectivity index (χ4n) is 7.94. The third kappa shape index (κ3) is 6.33. The maximum atomic E-state index is 14.0. The van der Waals surface area contributed by atoms with Crippen molar-refractivity contribution in [2.75, 3.05) is 47.4 Å². The minimum Gasteiger partial charge on any atom is -0.507 e. The average Bonchev–Trinajstić information content (AvgIpc) is 3.39. The standard InChI is InChI=1S/C35H38N4O16/c1-15-33-18(38(13-51-14-53-33)34(46)52-12-22-36-10-23(37(22)2)39(48)49)7-24(54-15)55-20-9-35(47,21(41)11-40)8-17-26(20)32(45)28-27(30(17)43)29(42)16-5-4-6-19(50-3)25(16)31(28)44/h4-6,15,18,20,23-24,33,40,43,45,47H,7-14H2,1-3H3/t15-,18?,20-,23?,24-,33+,35-/m0/s1. The zero-order valence-corrected chi connectivity index (χ0v) is 29.8. The number of ketones is 3. The smallest absolute Gasteiger partial charge is 0.412 e. The first-order chi connectivity index (χ1) is 26.2. The van der Waals surface area contributed by atoms with Gasteiger partial charge >= 0.3 is 12.3 Å². The molecule has 2 unspecified atom stereocenters. The number of hydrogen-bond donors (Lipinski definition) is 4. The molecule has 0 aromatic heterocycles. The summed E-state index contributed by atoms with van der Waals surface area (Å²) in [7, 11) is 2.76. The van der Waals surface area contributed by atoms with Crippen molar-refractivity contribution in [2.45, 2.75) is 68.6 Å². The van der Waals surface area contributed by atoms with E-state index in [2.05, 4.69) is 4.99 Å². The number of amides is 1. The van der Waals surface area contributed by atoms with Gasteiger partial charge in [0.15, 0.2) is 24.5 Å². The largest absolute Gasteiger partial charge is 0.507 e. The summed E-state index contributed by atoms with van der Waals surface area (Å²) in [6, 6.07) is 3.45. The number of fused-ring (bicyclic) bond motifs is 4. The molecule has 0 bridgehead atoms. The first kappa shape index (κ1) is 38.0. The molecule has 3 heterocycles. The summed E-state index contributed by atoms with van der Waals surface area (Å²) in [5.41, 5.74) is -4.14. The molecule has 20 heteroatoms. The molecule has 0 spiro atoms. The first-order valence-electron chi connectivity index (χ1n) is 17.3. The van der Waals surface area contributed by atoms with Crippen molar-refractivity contribution in [2.24, 2.45) is 4.99 Å². The number of nitrogens with zero attached hydrogens (tertiary/aromatic N) is 4. The molecule has 5 aliphatic rings. The number of aliphatic hydroxyl groups is 2. The number of amidine groups is 1. The van der Waals surface area contributed by atoms with E-state index in [1.54, 1.807) is 6.92 Å². The number of methoxy groups -OCH3 is 1. The van der Waals surface area contributed by atoms with Gasteiger partial charge in [0, 0.05) is 47.9 Å². The van der Waals surface area contributed by atoms with Gasteiger partial charge in [0.25, 0.3) is 0 Å². The molecule has 55 heavy (non-hydrogen) atoms. The van der Waals surface area contributed by atoms with Crippen molar-refractivity contribution in [3.8, 4) is 17.2 Å². The van der Waals surface area contributed by atoms with Gasteiger partial charge in [0.05, 0.1) is 42.0 Å². The number of benzene rings is 2. The molecule has 1 amide bonds. The Morgan fingerprint density at radius 2 is 1.89 bits per heavy atom. The van der Waals surface area contributed by atoms with Gasteiger partial charge in [-0.15, -0.1) is 0 Å². The van der Waals surface area contributed by atoms with Crippen LogP contribution in [0.25, 0.3) is 0 Å². The number of carbonyl (C=O) groups is 4. The van der Waals surface area contributed by atoms with Crippen LogP contribution in [0.2, 0.25) is 0 Å². The van der Waals surface area contributed by atoms with Crippen molar-refractivity contribution in [1.82, 2.24) is 9.80 Å². The van der Waals surface area contributed by atoms with Crippen LogP contribution in [0.1, 0.15) is 68.8 Å². The molecule has 7 atom stereocenters. The van der Waals surface area contributed by atoms with E-state index >= 15 is 0 Å². The molecule has 2 aromatic carbocycles. The predicted molar refractivity (Wildman–Crippen MR) is 181 cm³/mol. The summed E-state index contributed by atoms with van der Waals surface area (Å²) in [4.78, 5) is 71.7. The molecule has 7 rings (SSSR count). The Kier molecular flexibility index (Phi) is 9.98. The Bertz CT molecular complexity index is 2000. The van der Waals surface area contributed by atoms with Crippen LogP contribution in [0.5, 0.6) is 17.2 Å². The quantitative estimate of drug-likeness (QED) is 0.137. The highest BCUT2D eigenvalue weighted by atomic mass is 16.7. The van der Waals surface area contributed by atoms with E-state index in [0.717, 1.165) is 0 Å². The molecule has 2 fully saturated rings. The van der Waals surface area contributed by atoms with Gasteiger partial charge < -0.3 is 48.8 Å². The van der Waals surface area contributed by atoms with E-state index in [0.29, 0.717) is 0 Å². The highest BCUT2D eigenvalue weighted by Gasteiger charge is 2.51. The van der Waals surface area contributed by atoms with E-state index < -0.39 is 113 Å². The molecular weight excluding hydrogens is 732 g/mol. The topological polar surface area (TPSA) is 267 Å². The normalized spacial score (nSPS) is 28.6. The SMILES string of the molecule is COc1cccc2c1C(=O)c1c(O)c3c(c(O)c1C2=O)C[C@@](O)(C(=O)CO)C[C@@H]3O[C@H]1CC2[C@H](OCOCN2C(=O)OCC2=NCC([N+](=O)[O-])N2C)[C@H](C)O1. The Morgan fingerprint density at radius 3 is 2.58 bits per heavy atom. The van der Waals surface area contributed by atoms with Crippen molar-refractivity contribution in [3.05, 3.63) is 61.7 Å². The van der Waals surface area contributed by atoms with Crippen LogP contribution in [-0.4, -0.2) is 148 Å². The fraction of sp³-hybridized carbons (Fsp3) is 0.514. The van der Waals surface area contributed by atoms with Gasteiger partial charge in [-0.2, -0.15) is 0 Å². The zero-order chi connectivity index (χ0) is 39.5. The zero-order valence-electron chi connectivity index (χ0n) is 29.8. The highest BCUT2D eigenvalue weighted by Crippen LogP contribution is 2.52. The van der Waals surface area contributed by atoms with Gasteiger partial charge in [0.2, 0.25) is 5.78 Å². The number of hydrogen-bond acceptors (Lipinski definition) is 18. The second-order valence-electron chi connectivity index (χ2n) is 13.8. The van der Waals surface area contributed by atoms with Gasteiger partial charge in [-0.05, 0) is 13.0 Å². The molecular formula is C35H38N4O16. The van der Waals surface area contributed by atoms with E-state index in [9.17, 15) is 49.7 Å². The van der Waals surface area contributed by atoms with Crippen molar-refractivity contribution >= 4 is 29.3 Å². The fourth-order valence-corrected chi connectivity index (χ4v) is 7.94. The monoisotopic (exact) mass is 770 g/mol.